The van der Waals surface area contributed by atoms with Gasteiger partial charge in [-0.05, 0) is 42.8 Å². The molecule has 2 aromatic carbocycles. The van der Waals surface area contributed by atoms with Gasteiger partial charge in [-0.25, -0.2) is 0 Å². The first kappa shape index (κ1) is 15.4. The summed E-state index contributed by atoms with van der Waals surface area (Å²) in [7, 11) is 0. The molecule has 0 unspecified atom stereocenters. The molecule has 0 heterocycles. The zero-order chi connectivity index (χ0) is 15.1. The van der Waals surface area contributed by atoms with Gasteiger partial charge in [0.15, 0.2) is 0 Å². The first-order valence-corrected chi connectivity index (χ1v) is 7.47. The van der Waals surface area contributed by atoms with Gasteiger partial charge in [-0.2, -0.15) is 0 Å². The number of nitrogens with one attached hydrogen (secondary N) is 1. The minimum Gasteiger partial charge on any atom is -0.494 e. The highest BCUT2D eigenvalue weighted by atomic mass is 79.9. The van der Waals surface area contributed by atoms with E-state index in [1.54, 1.807) is 12.1 Å². The van der Waals surface area contributed by atoms with E-state index in [9.17, 15) is 4.79 Å². The second kappa shape index (κ2) is 7.69. The van der Waals surface area contributed by atoms with E-state index in [0.29, 0.717) is 30.8 Å². The second-order valence-corrected chi connectivity index (χ2v) is 5.46. The Bertz CT molecular complexity index is 599. The molecule has 0 atom stereocenters. The van der Waals surface area contributed by atoms with Crippen molar-refractivity contribution in [2.75, 3.05) is 17.7 Å². The number of ether oxygens (including phenoxy) is 1. The predicted octanol–water partition coefficient (Wildman–Crippen LogP) is 3.83. The van der Waals surface area contributed by atoms with Gasteiger partial charge in [-0.3, -0.25) is 4.79 Å². The smallest absolute Gasteiger partial charge is 0.224 e. The van der Waals surface area contributed by atoms with Gasteiger partial charge < -0.3 is 15.8 Å². The van der Waals surface area contributed by atoms with Gasteiger partial charge in [0.05, 0.1) is 18.0 Å². The van der Waals surface area contributed by atoms with E-state index in [1.807, 2.05) is 36.4 Å². The number of benzene rings is 2. The van der Waals surface area contributed by atoms with Crippen molar-refractivity contribution in [2.24, 2.45) is 0 Å². The summed E-state index contributed by atoms with van der Waals surface area (Å²) in [5, 5.41) is 2.79. The third-order valence-electron chi connectivity index (χ3n) is 2.87. The molecule has 4 nitrogen and oxygen atoms in total. The standard InChI is InChI=1S/C16H17BrN2O2/c17-12-7-9-13(10-8-12)21-11-3-6-16(20)19-15-5-2-1-4-14(15)18/h1-2,4-5,7-10H,3,6,11,18H2,(H,19,20). The molecule has 110 valence electrons. The number of hydrogen-bond acceptors (Lipinski definition) is 3. The number of hydrogen-bond donors (Lipinski definition) is 2. The molecular weight excluding hydrogens is 332 g/mol. The zero-order valence-corrected chi connectivity index (χ0v) is 13.1. The predicted molar refractivity (Wildman–Crippen MR) is 88.4 cm³/mol. The summed E-state index contributed by atoms with van der Waals surface area (Å²) in [5.74, 6) is 0.734. The van der Waals surface area contributed by atoms with Crippen LogP contribution in [0.5, 0.6) is 5.75 Å². The largest absolute Gasteiger partial charge is 0.494 e. The monoisotopic (exact) mass is 348 g/mol. The summed E-state index contributed by atoms with van der Waals surface area (Å²) in [6.07, 6.45) is 1.04. The van der Waals surface area contributed by atoms with Gasteiger partial charge in [-0.1, -0.05) is 28.1 Å². The highest BCUT2D eigenvalue weighted by Crippen LogP contribution is 2.18. The molecule has 0 aromatic heterocycles. The number of nitrogen functional groups attached to an aromatic ring is 1. The fourth-order valence-electron chi connectivity index (χ4n) is 1.78. The Labute approximate surface area is 132 Å². The average molecular weight is 349 g/mol. The lowest BCUT2D eigenvalue weighted by molar-refractivity contribution is -0.116. The normalized spacial score (nSPS) is 10.1. The van der Waals surface area contributed by atoms with Crippen molar-refractivity contribution in [3.63, 3.8) is 0 Å². The van der Waals surface area contributed by atoms with Crippen molar-refractivity contribution in [3.05, 3.63) is 53.0 Å². The summed E-state index contributed by atoms with van der Waals surface area (Å²) >= 11 is 3.36. The lowest BCUT2D eigenvalue weighted by Crippen LogP contribution is -2.13. The fourth-order valence-corrected chi connectivity index (χ4v) is 2.04. The number of nitrogens with two attached hydrogens (primary N) is 1. The molecule has 0 bridgehead atoms. The van der Waals surface area contributed by atoms with Crippen molar-refractivity contribution in [3.8, 4) is 5.75 Å². The van der Waals surface area contributed by atoms with Crippen LogP contribution in [0, 0.1) is 0 Å². The Hall–Kier alpha value is -2.01. The molecular formula is C16H17BrN2O2. The molecule has 21 heavy (non-hydrogen) atoms. The summed E-state index contributed by atoms with van der Waals surface area (Å²) < 4.78 is 6.57. The molecule has 3 N–H and O–H groups in total. The quantitative estimate of drug-likeness (QED) is 0.615. The van der Waals surface area contributed by atoms with Crippen LogP contribution >= 0.6 is 15.9 Å². The van der Waals surface area contributed by atoms with Crippen molar-refractivity contribution in [2.45, 2.75) is 12.8 Å². The molecule has 0 aliphatic carbocycles. The van der Waals surface area contributed by atoms with Crippen LogP contribution in [-0.4, -0.2) is 12.5 Å². The molecule has 1 amide bonds. The lowest BCUT2D eigenvalue weighted by Gasteiger charge is -2.08. The third-order valence-corrected chi connectivity index (χ3v) is 3.39. The average Bonchev–Trinajstić information content (AvgIpc) is 2.48. The van der Waals surface area contributed by atoms with Crippen LogP contribution in [0.4, 0.5) is 11.4 Å². The van der Waals surface area contributed by atoms with Crippen molar-refractivity contribution < 1.29 is 9.53 Å². The summed E-state index contributed by atoms with van der Waals surface area (Å²) in [6.45, 7) is 0.499. The van der Waals surface area contributed by atoms with Crippen LogP contribution < -0.4 is 15.8 Å². The van der Waals surface area contributed by atoms with E-state index >= 15 is 0 Å². The number of anilines is 2. The van der Waals surface area contributed by atoms with Crippen molar-refractivity contribution in [1.82, 2.24) is 0 Å². The highest BCUT2D eigenvalue weighted by molar-refractivity contribution is 9.10. The topological polar surface area (TPSA) is 64.3 Å². The molecule has 5 heteroatoms. The molecule has 0 aliphatic rings. The van der Waals surface area contributed by atoms with E-state index in [-0.39, 0.29) is 5.91 Å². The van der Waals surface area contributed by atoms with Gasteiger partial charge in [0.25, 0.3) is 0 Å². The SMILES string of the molecule is Nc1ccccc1NC(=O)CCCOc1ccc(Br)cc1. The van der Waals surface area contributed by atoms with Crippen LogP contribution in [0.25, 0.3) is 0 Å². The minimum atomic E-state index is -0.0627. The number of para-hydroxylation sites is 2. The van der Waals surface area contributed by atoms with Gasteiger partial charge in [0.2, 0.25) is 5.91 Å². The first-order valence-electron chi connectivity index (χ1n) is 6.68. The van der Waals surface area contributed by atoms with Gasteiger partial charge in [-0.15, -0.1) is 0 Å². The third kappa shape index (κ3) is 5.11. The van der Waals surface area contributed by atoms with Crippen LogP contribution in [-0.2, 0) is 4.79 Å². The van der Waals surface area contributed by atoms with Gasteiger partial charge in [0.1, 0.15) is 5.75 Å². The molecule has 2 aromatic rings. The Balaban J connectivity index is 1.70. The molecule has 0 saturated carbocycles. The van der Waals surface area contributed by atoms with Crippen LogP contribution in [0.15, 0.2) is 53.0 Å². The van der Waals surface area contributed by atoms with E-state index in [1.165, 1.54) is 0 Å². The van der Waals surface area contributed by atoms with Crippen LogP contribution in [0.1, 0.15) is 12.8 Å². The number of rotatable bonds is 6. The van der Waals surface area contributed by atoms with Gasteiger partial charge in [0, 0.05) is 10.9 Å². The Morgan fingerprint density at radius 2 is 1.86 bits per heavy atom. The molecule has 0 saturated heterocycles. The van der Waals surface area contributed by atoms with Crippen LogP contribution in [0.3, 0.4) is 0 Å². The number of halogens is 1. The maximum atomic E-state index is 11.8. The second-order valence-electron chi connectivity index (χ2n) is 4.54. The van der Waals surface area contributed by atoms with Crippen molar-refractivity contribution >= 4 is 33.2 Å². The summed E-state index contributed by atoms with van der Waals surface area (Å²) in [5.41, 5.74) is 6.98. The molecule has 2 rings (SSSR count). The summed E-state index contributed by atoms with van der Waals surface area (Å²) in [6, 6.07) is 14.8. The Morgan fingerprint density at radius 3 is 2.57 bits per heavy atom. The molecule has 0 radical (unpaired) electrons. The fraction of sp³-hybridized carbons (Fsp3) is 0.188. The van der Waals surface area contributed by atoms with Crippen LogP contribution in [0.2, 0.25) is 0 Å². The number of carbonyl (C=O) groups is 1. The zero-order valence-electron chi connectivity index (χ0n) is 11.5. The Kier molecular flexibility index (Phi) is 5.63. The maximum absolute atomic E-state index is 11.8. The highest BCUT2D eigenvalue weighted by Gasteiger charge is 2.04. The Morgan fingerprint density at radius 1 is 1.14 bits per heavy atom. The molecule has 0 aliphatic heterocycles. The first-order chi connectivity index (χ1) is 10.1. The minimum absolute atomic E-state index is 0.0627. The lowest BCUT2D eigenvalue weighted by atomic mass is 10.2. The summed E-state index contributed by atoms with van der Waals surface area (Å²) in [4.78, 5) is 11.8. The van der Waals surface area contributed by atoms with E-state index < -0.39 is 0 Å². The molecule has 0 fully saturated rings. The maximum Gasteiger partial charge on any atom is 0.224 e. The van der Waals surface area contributed by atoms with E-state index in [0.717, 1.165) is 10.2 Å². The number of amides is 1. The van der Waals surface area contributed by atoms with Gasteiger partial charge >= 0.3 is 0 Å². The number of carbonyl (C=O) groups excluding carboxylic acids is 1. The van der Waals surface area contributed by atoms with Crippen molar-refractivity contribution in [1.29, 1.82) is 0 Å². The van der Waals surface area contributed by atoms with E-state index in [4.69, 9.17) is 10.5 Å². The van der Waals surface area contributed by atoms with E-state index in [2.05, 4.69) is 21.2 Å². The molecule has 0 spiro atoms.